The third-order valence-corrected chi connectivity index (χ3v) is 3.16. The van der Waals surface area contributed by atoms with Gasteiger partial charge in [0.15, 0.2) is 5.82 Å². The molecule has 1 aliphatic rings. The van der Waals surface area contributed by atoms with E-state index in [4.69, 9.17) is 9.26 Å². The average molecular weight is 248 g/mol. The van der Waals surface area contributed by atoms with Crippen LogP contribution in [-0.4, -0.2) is 23.4 Å². The zero-order valence-corrected chi connectivity index (χ0v) is 10.0. The minimum atomic E-state index is -0.310. The van der Waals surface area contributed by atoms with Gasteiger partial charge in [-0.15, -0.1) is 0 Å². The zero-order chi connectivity index (χ0) is 12.5. The van der Waals surface area contributed by atoms with E-state index in [1.807, 2.05) is 0 Å². The number of hydrogen-bond donors (Lipinski definition) is 0. The molecule has 2 aromatic rings. The Morgan fingerprint density at radius 1 is 1.39 bits per heavy atom. The van der Waals surface area contributed by atoms with Gasteiger partial charge in [0, 0.05) is 12.5 Å². The van der Waals surface area contributed by atoms with Gasteiger partial charge in [0.2, 0.25) is 0 Å². The Balaban J connectivity index is 1.95. The van der Waals surface area contributed by atoms with Gasteiger partial charge >= 0.3 is 0 Å². The standard InChI is InChI=1S/C13H13FN2O2/c1-8-3-2-4-10(11(8)14)13-15-12(16-18-13)9-5-6-17-7-9/h2-4,9H,5-7H2,1H3/t9-/m0/s1. The van der Waals surface area contributed by atoms with Gasteiger partial charge in [-0.25, -0.2) is 4.39 Å². The summed E-state index contributed by atoms with van der Waals surface area (Å²) in [5, 5.41) is 3.91. The highest BCUT2D eigenvalue weighted by molar-refractivity contribution is 5.55. The topological polar surface area (TPSA) is 48.2 Å². The number of aromatic nitrogens is 2. The quantitative estimate of drug-likeness (QED) is 0.819. The number of rotatable bonds is 2. The number of aryl methyl sites for hydroxylation is 1. The summed E-state index contributed by atoms with van der Waals surface area (Å²) in [6, 6.07) is 5.13. The largest absolute Gasteiger partial charge is 0.381 e. The zero-order valence-electron chi connectivity index (χ0n) is 10.0. The van der Waals surface area contributed by atoms with Crippen LogP contribution in [0.2, 0.25) is 0 Å². The van der Waals surface area contributed by atoms with E-state index in [1.165, 1.54) is 0 Å². The molecule has 0 bridgehead atoms. The summed E-state index contributed by atoms with van der Waals surface area (Å²) in [6.45, 7) is 3.03. The fourth-order valence-corrected chi connectivity index (χ4v) is 2.06. The summed E-state index contributed by atoms with van der Waals surface area (Å²) in [7, 11) is 0. The lowest BCUT2D eigenvalue weighted by Gasteiger charge is -2.00. The van der Waals surface area contributed by atoms with Gasteiger partial charge in [0.25, 0.3) is 5.89 Å². The maximum Gasteiger partial charge on any atom is 0.260 e. The van der Waals surface area contributed by atoms with E-state index in [9.17, 15) is 4.39 Å². The Kier molecular flexibility index (Phi) is 2.83. The number of nitrogens with zero attached hydrogens (tertiary/aromatic N) is 2. The molecule has 0 N–H and O–H groups in total. The first-order valence-electron chi connectivity index (χ1n) is 5.92. The molecule has 1 fully saturated rings. The Labute approximate surface area is 104 Å². The summed E-state index contributed by atoms with van der Waals surface area (Å²) < 4.78 is 24.3. The molecular weight excluding hydrogens is 235 g/mol. The lowest BCUT2D eigenvalue weighted by Crippen LogP contribution is -1.99. The molecule has 0 saturated carbocycles. The van der Waals surface area contributed by atoms with Crippen molar-refractivity contribution in [2.75, 3.05) is 13.2 Å². The molecule has 94 valence electrons. The van der Waals surface area contributed by atoms with Crippen LogP contribution < -0.4 is 0 Å². The minimum absolute atomic E-state index is 0.162. The second kappa shape index (κ2) is 4.49. The van der Waals surface area contributed by atoms with Crippen LogP contribution >= 0.6 is 0 Å². The number of benzene rings is 1. The molecule has 1 aliphatic heterocycles. The van der Waals surface area contributed by atoms with Crippen LogP contribution in [0.1, 0.15) is 23.7 Å². The Morgan fingerprint density at radius 2 is 2.28 bits per heavy atom. The second-order valence-corrected chi connectivity index (χ2v) is 4.45. The van der Waals surface area contributed by atoms with E-state index in [2.05, 4.69) is 10.1 Å². The highest BCUT2D eigenvalue weighted by Crippen LogP contribution is 2.27. The SMILES string of the molecule is Cc1cccc(-c2nc([C@H]3CCOC3)no2)c1F. The molecule has 18 heavy (non-hydrogen) atoms. The van der Waals surface area contributed by atoms with Crippen LogP contribution in [0.4, 0.5) is 4.39 Å². The van der Waals surface area contributed by atoms with Crippen LogP contribution in [0, 0.1) is 12.7 Å². The van der Waals surface area contributed by atoms with Crippen molar-refractivity contribution in [3.63, 3.8) is 0 Å². The molecule has 0 spiro atoms. The number of halogens is 1. The first-order valence-corrected chi connectivity index (χ1v) is 5.92. The predicted octanol–water partition coefficient (Wildman–Crippen LogP) is 2.69. The van der Waals surface area contributed by atoms with Gasteiger partial charge in [0.1, 0.15) is 5.82 Å². The van der Waals surface area contributed by atoms with Crippen molar-refractivity contribution in [2.24, 2.45) is 0 Å². The summed E-state index contributed by atoms with van der Waals surface area (Å²) >= 11 is 0. The molecule has 4 nitrogen and oxygen atoms in total. The fourth-order valence-electron chi connectivity index (χ4n) is 2.06. The lowest BCUT2D eigenvalue weighted by atomic mass is 10.1. The molecule has 2 heterocycles. The highest BCUT2D eigenvalue weighted by Gasteiger charge is 2.24. The molecule has 1 aromatic heterocycles. The van der Waals surface area contributed by atoms with Crippen LogP contribution in [0.15, 0.2) is 22.7 Å². The van der Waals surface area contributed by atoms with Crippen LogP contribution in [-0.2, 0) is 4.74 Å². The molecule has 0 unspecified atom stereocenters. The molecule has 0 radical (unpaired) electrons. The molecule has 1 atom stereocenters. The van der Waals surface area contributed by atoms with Crippen molar-refractivity contribution in [2.45, 2.75) is 19.3 Å². The van der Waals surface area contributed by atoms with Gasteiger partial charge in [-0.1, -0.05) is 17.3 Å². The van der Waals surface area contributed by atoms with E-state index in [1.54, 1.807) is 25.1 Å². The molecule has 5 heteroatoms. The maximum absolute atomic E-state index is 13.9. The van der Waals surface area contributed by atoms with E-state index < -0.39 is 0 Å². The molecule has 0 amide bonds. The first kappa shape index (κ1) is 11.3. The van der Waals surface area contributed by atoms with E-state index in [0.717, 1.165) is 6.42 Å². The van der Waals surface area contributed by atoms with Gasteiger partial charge in [0.05, 0.1) is 12.2 Å². The summed E-state index contributed by atoms with van der Waals surface area (Å²) in [4.78, 5) is 4.27. The Bertz CT molecular complexity index is 562. The number of ether oxygens (including phenoxy) is 1. The molecule has 1 saturated heterocycles. The average Bonchev–Trinajstić information content (AvgIpc) is 3.01. The van der Waals surface area contributed by atoms with E-state index in [-0.39, 0.29) is 17.6 Å². The Hall–Kier alpha value is -1.75. The third-order valence-electron chi connectivity index (χ3n) is 3.16. The molecular formula is C13H13FN2O2. The minimum Gasteiger partial charge on any atom is -0.381 e. The van der Waals surface area contributed by atoms with Crippen molar-refractivity contribution in [1.29, 1.82) is 0 Å². The van der Waals surface area contributed by atoms with E-state index >= 15 is 0 Å². The first-order chi connectivity index (χ1) is 8.75. The van der Waals surface area contributed by atoms with Crippen molar-refractivity contribution in [3.8, 4) is 11.5 Å². The van der Waals surface area contributed by atoms with Gasteiger partial charge < -0.3 is 9.26 Å². The van der Waals surface area contributed by atoms with E-state index in [0.29, 0.717) is 30.2 Å². The van der Waals surface area contributed by atoms with Crippen LogP contribution in [0.25, 0.3) is 11.5 Å². The molecule has 1 aromatic carbocycles. The van der Waals surface area contributed by atoms with Crippen molar-refractivity contribution >= 4 is 0 Å². The lowest BCUT2D eigenvalue weighted by molar-refractivity contribution is 0.192. The van der Waals surface area contributed by atoms with Crippen LogP contribution in [0.3, 0.4) is 0 Å². The van der Waals surface area contributed by atoms with Gasteiger partial charge in [-0.05, 0) is 25.0 Å². The highest BCUT2D eigenvalue weighted by atomic mass is 19.1. The predicted molar refractivity (Wildman–Crippen MR) is 62.6 cm³/mol. The van der Waals surface area contributed by atoms with Gasteiger partial charge in [-0.3, -0.25) is 0 Å². The second-order valence-electron chi connectivity index (χ2n) is 4.45. The van der Waals surface area contributed by atoms with Crippen molar-refractivity contribution < 1.29 is 13.7 Å². The molecule has 0 aliphatic carbocycles. The third kappa shape index (κ3) is 1.90. The smallest absolute Gasteiger partial charge is 0.260 e. The molecule has 3 rings (SSSR count). The summed E-state index contributed by atoms with van der Waals surface area (Å²) in [5.41, 5.74) is 0.920. The normalized spacial score (nSPS) is 19.3. The number of hydrogen-bond acceptors (Lipinski definition) is 4. The van der Waals surface area contributed by atoms with Gasteiger partial charge in [-0.2, -0.15) is 4.98 Å². The van der Waals surface area contributed by atoms with Crippen molar-refractivity contribution in [1.82, 2.24) is 10.1 Å². The monoisotopic (exact) mass is 248 g/mol. The maximum atomic E-state index is 13.9. The van der Waals surface area contributed by atoms with Crippen molar-refractivity contribution in [3.05, 3.63) is 35.4 Å². The van der Waals surface area contributed by atoms with Crippen LogP contribution in [0.5, 0.6) is 0 Å². The fraction of sp³-hybridized carbons (Fsp3) is 0.385. The Morgan fingerprint density at radius 3 is 3.06 bits per heavy atom. The summed E-state index contributed by atoms with van der Waals surface area (Å²) in [6.07, 6.45) is 0.884. The summed E-state index contributed by atoms with van der Waals surface area (Å²) in [5.74, 6) is 0.687.